The van der Waals surface area contributed by atoms with Crippen molar-refractivity contribution >= 4 is 29.3 Å². The molecule has 5 nitrogen and oxygen atoms in total. The van der Waals surface area contributed by atoms with Gasteiger partial charge >= 0.3 is 6.09 Å². The molecule has 0 saturated heterocycles. The van der Waals surface area contributed by atoms with E-state index in [-0.39, 0.29) is 5.91 Å². The van der Waals surface area contributed by atoms with Gasteiger partial charge in [-0.25, -0.2) is 4.79 Å². The maximum Gasteiger partial charge on any atom is 0.413 e. The second-order valence-corrected chi connectivity index (χ2v) is 7.30. The number of para-hydroxylation sites is 1. The topological polar surface area (TPSA) is 67.4 Å². The molecular formula is C21H23ClN2O3. The standard InChI is InChI=1S/C21H23ClN2O3/c1-15-10-11-16(14-18(15)22)23-19(25)21(12-6-3-7-13-21)24-20(26)27-17-8-4-2-5-9-17/h2,4-5,8-11,14H,3,6-7,12-13H2,1H3,(H,23,25)(H,24,26). The van der Waals surface area contributed by atoms with Crippen LogP contribution in [0.5, 0.6) is 5.75 Å². The summed E-state index contributed by atoms with van der Waals surface area (Å²) in [5.74, 6) is 0.193. The largest absolute Gasteiger partial charge is 0.413 e. The lowest BCUT2D eigenvalue weighted by molar-refractivity contribution is -0.123. The Bertz CT molecular complexity index is 817. The summed E-state index contributed by atoms with van der Waals surface area (Å²) in [4.78, 5) is 25.5. The number of hydrogen-bond acceptors (Lipinski definition) is 3. The van der Waals surface area contributed by atoms with E-state index in [1.165, 1.54) is 0 Å². The lowest BCUT2D eigenvalue weighted by Gasteiger charge is -2.36. The molecule has 0 aliphatic heterocycles. The molecule has 2 N–H and O–H groups in total. The average molecular weight is 387 g/mol. The first-order valence-corrected chi connectivity index (χ1v) is 9.49. The van der Waals surface area contributed by atoms with Gasteiger partial charge in [-0.15, -0.1) is 0 Å². The Balaban J connectivity index is 1.74. The molecule has 6 heteroatoms. The summed E-state index contributed by atoms with van der Waals surface area (Å²) >= 11 is 6.15. The Morgan fingerprint density at radius 3 is 2.41 bits per heavy atom. The van der Waals surface area contributed by atoms with Gasteiger partial charge < -0.3 is 15.4 Å². The molecule has 1 saturated carbocycles. The van der Waals surface area contributed by atoms with Gasteiger partial charge in [0.2, 0.25) is 5.91 Å². The molecule has 0 atom stereocenters. The third-order valence-electron chi connectivity index (χ3n) is 4.87. The average Bonchev–Trinajstić information content (AvgIpc) is 2.66. The Morgan fingerprint density at radius 1 is 1.04 bits per heavy atom. The molecule has 0 unspecified atom stereocenters. The van der Waals surface area contributed by atoms with Crippen LogP contribution in [-0.2, 0) is 4.79 Å². The monoisotopic (exact) mass is 386 g/mol. The first kappa shape index (κ1) is 19.2. The van der Waals surface area contributed by atoms with Crippen molar-refractivity contribution in [1.29, 1.82) is 0 Å². The Kier molecular flexibility index (Phi) is 6.01. The highest BCUT2D eigenvalue weighted by molar-refractivity contribution is 6.31. The van der Waals surface area contributed by atoms with Crippen LogP contribution in [0.1, 0.15) is 37.7 Å². The van der Waals surface area contributed by atoms with E-state index in [0.29, 0.717) is 29.3 Å². The molecule has 0 aromatic heterocycles. The number of hydrogen-bond donors (Lipinski definition) is 2. The van der Waals surface area contributed by atoms with Crippen LogP contribution in [0.4, 0.5) is 10.5 Å². The van der Waals surface area contributed by atoms with Crippen molar-refractivity contribution in [3.8, 4) is 5.75 Å². The van der Waals surface area contributed by atoms with Crippen LogP contribution in [-0.4, -0.2) is 17.5 Å². The molecule has 0 heterocycles. The fourth-order valence-corrected chi connectivity index (χ4v) is 3.48. The number of nitrogens with one attached hydrogen (secondary N) is 2. The molecule has 1 fully saturated rings. The molecule has 2 aromatic carbocycles. The predicted octanol–water partition coefficient (Wildman–Crippen LogP) is 5.08. The van der Waals surface area contributed by atoms with Crippen molar-refractivity contribution in [3.05, 3.63) is 59.1 Å². The molecule has 27 heavy (non-hydrogen) atoms. The highest BCUT2D eigenvalue weighted by atomic mass is 35.5. The van der Waals surface area contributed by atoms with Crippen LogP contribution in [0.15, 0.2) is 48.5 Å². The van der Waals surface area contributed by atoms with E-state index in [4.69, 9.17) is 16.3 Å². The molecule has 0 radical (unpaired) electrons. The number of amides is 2. The lowest BCUT2D eigenvalue weighted by Crippen LogP contribution is -2.58. The normalized spacial score (nSPS) is 15.6. The second-order valence-electron chi connectivity index (χ2n) is 6.89. The third-order valence-corrected chi connectivity index (χ3v) is 5.27. The summed E-state index contributed by atoms with van der Waals surface area (Å²) in [6.45, 7) is 1.90. The fraction of sp³-hybridized carbons (Fsp3) is 0.333. The number of aryl methyl sites for hydroxylation is 1. The first-order chi connectivity index (χ1) is 13.0. The minimum absolute atomic E-state index is 0.243. The van der Waals surface area contributed by atoms with Gasteiger partial charge in [0.1, 0.15) is 11.3 Å². The number of carbonyl (C=O) groups excluding carboxylic acids is 2. The van der Waals surface area contributed by atoms with Crippen molar-refractivity contribution in [2.24, 2.45) is 0 Å². The van der Waals surface area contributed by atoms with E-state index in [1.807, 2.05) is 19.1 Å². The molecule has 142 valence electrons. The summed E-state index contributed by atoms with van der Waals surface area (Å²) in [6.07, 6.45) is 3.30. The van der Waals surface area contributed by atoms with Crippen molar-refractivity contribution < 1.29 is 14.3 Å². The van der Waals surface area contributed by atoms with E-state index in [9.17, 15) is 9.59 Å². The molecule has 2 aromatic rings. The zero-order valence-electron chi connectivity index (χ0n) is 15.3. The third kappa shape index (κ3) is 4.80. The molecule has 0 spiro atoms. The number of carbonyl (C=O) groups is 2. The number of rotatable bonds is 4. The van der Waals surface area contributed by atoms with Gasteiger partial charge in [0.05, 0.1) is 0 Å². The summed E-state index contributed by atoms with van der Waals surface area (Å²) in [5.41, 5.74) is 0.562. The van der Waals surface area contributed by atoms with Gasteiger partial charge in [-0.05, 0) is 49.6 Å². The van der Waals surface area contributed by atoms with E-state index >= 15 is 0 Å². The maximum atomic E-state index is 13.0. The summed E-state index contributed by atoms with van der Waals surface area (Å²) in [7, 11) is 0. The Hall–Kier alpha value is -2.53. The SMILES string of the molecule is Cc1ccc(NC(=O)C2(NC(=O)Oc3ccccc3)CCCCC2)cc1Cl. The molecule has 0 bridgehead atoms. The molecule has 1 aliphatic carbocycles. The van der Waals surface area contributed by atoms with Crippen molar-refractivity contribution in [1.82, 2.24) is 5.32 Å². The lowest BCUT2D eigenvalue weighted by atomic mass is 9.81. The van der Waals surface area contributed by atoms with Gasteiger partial charge in [0.25, 0.3) is 0 Å². The minimum Gasteiger partial charge on any atom is -0.410 e. The van der Waals surface area contributed by atoms with Crippen LogP contribution in [0, 0.1) is 6.92 Å². The van der Waals surface area contributed by atoms with Gasteiger partial charge in [-0.2, -0.15) is 0 Å². The van der Waals surface area contributed by atoms with Crippen LogP contribution in [0.2, 0.25) is 5.02 Å². The van der Waals surface area contributed by atoms with E-state index in [2.05, 4.69) is 10.6 Å². The van der Waals surface area contributed by atoms with Crippen LogP contribution in [0.25, 0.3) is 0 Å². The highest BCUT2D eigenvalue weighted by Crippen LogP contribution is 2.30. The maximum absolute atomic E-state index is 13.0. The summed E-state index contributed by atoms with van der Waals surface area (Å²) in [5, 5.41) is 6.30. The van der Waals surface area contributed by atoms with Crippen LogP contribution < -0.4 is 15.4 Å². The highest BCUT2D eigenvalue weighted by Gasteiger charge is 2.41. The minimum atomic E-state index is -0.985. The Labute approximate surface area is 164 Å². The molecule has 3 rings (SSSR count). The van der Waals surface area contributed by atoms with Gasteiger partial charge in [-0.3, -0.25) is 4.79 Å². The van der Waals surface area contributed by atoms with E-state index < -0.39 is 11.6 Å². The zero-order chi connectivity index (χ0) is 19.3. The Morgan fingerprint density at radius 2 is 1.74 bits per heavy atom. The number of ether oxygens (including phenoxy) is 1. The fourth-order valence-electron chi connectivity index (χ4n) is 3.30. The number of benzene rings is 2. The number of halogens is 1. The smallest absolute Gasteiger partial charge is 0.410 e. The quantitative estimate of drug-likeness (QED) is 0.770. The van der Waals surface area contributed by atoms with Crippen molar-refractivity contribution in [3.63, 3.8) is 0 Å². The predicted molar refractivity (Wildman–Crippen MR) is 106 cm³/mol. The van der Waals surface area contributed by atoms with Crippen molar-refractivity contribution in [2.45, 2.75) is 44.6 Å². The van der Waals surface area contributed by atoms with Gasteiger partial charge in [-0.1, -0.05) is 55.1 Å². The van der Waals surface area contributed by atoms with Crippen LogP contribution in [0.3, 0.4) is 0 Å². The van der Waals surface area contributed by atoms with Crippen molar-refractivity contribution in [2.75, 3.05) is 5.32 Å². The zero-order valence-corrected chi connectivity index (χ0v) is 16.0. The molecular weight excluding hydrogens is 364 g/mol. The van der Waals surface area contributed by atoms with E-state index in [1.54, 1.807) is 36.4 Å². The van der Waals surface area contributed by atoms with E-state index in [0.717, 1.165) is 24.8 Å². The summed E-state index contributed by atoms with van der Waals surface area (Å²) in [6, 6.07) is 14.2. The summed E-state index contributed by atoms with van der Waals surface area (Å²) < 4.78 is 5.33. The van der Waals surface area contributed by atoms with Gasteiger partial charge in [0.15, 0.2) is 0 Å². The second kappa shape index (κ2) is 8.44. The van der Waals surface area contributed by atoms with Gasteiger partial charge in [0, 0.05) is 10.7 Å². The van der Waals surface area contributed by atoms with Crippen LogP contribution >= 0.6 is 11.6 Å². The number of anilines is 1. The first-order valence-electron chi connectivity index (χ1n) is 9.11. The molecule has 1 aliphatic rings. The molecule has 2 amide bonds.